The summed E-state index contributed by atoms with van der Waals surface area (Å²) in [6.07, 6.45) is -0.202. The molecule has 0 bridgehead atoms. The molecule has 8 heteroatoms. The molecule has 0 aliphatic rings. The van der Waals surface area contributed by atoms with Crippen LogP contribution >= 0.6 is 0 Å². The number of ketones is 1. The summed E-state index contributed by atoms with van der Waals surface area (Å²) in [5.41, 5.74) is 2.27. The monoisotopic (exact) mass is 426 g/mol. The smallest absolute Gasteiger partial charge is 0.306 e. The van der Waals surface area contributed by atoms with Crippen LogP contribution in [0.5, 0.6) is 5.75 Å². The summed E-state index contributed by atoms with van der Waals surface area (Å²) in [5.74, 6) is -1.12. The number of amides is 2. The van der Waals surface area contributed by atoms with Gasteiger partial charge in [0.1, 0.15) is 5.75 Å². The van der Waals surface area contributed by atoms with Crippen LogP contribution in [0.4, 0.5) is 5.69 Å². The minimum Gasteiger partial charge on any atom is -0.496 e. The number of hydrogen-bond donors (Lipinski definition) is 1. The van der Waals surface area contributed by atoms with Gasteiger partial charge < -0.3 is 19.7 Å². The summed E-state index contributed by atoms with van der Waals surface area (Å²) in [7, 11) is 4.77. The van der Waals surface area contributed by atoms with Crippen LogP contribution in [0.3, 0.4) is 0 Å². The fraction of sp³-hybridized carbons (Fsp3) is 0.304. The largest absolute Gasteiger partial charge is 0.496 e. The first-order valence-electron chi connectivity index (χ1n) is 9.66. The molecule has 2 amide bonds. The minimum atomic E-state index is -0.651. The van der Waals surface area contributed by atoms with Gasteiger partial charge in [-0.3, -0.25) is 19.2 Å². The highest BCUT2D eigenvalue weighted by Crippen LogP contribution is 2.21. The molecule has 2 aromatic rings. The Labute approximate surface area is 181 Å². The summed E-state index contributed by atoms with van der Waals surface area (Å²) in [4.78, 5) is 49.6. The lowest BCUT2D eigenvalue weighted by atomic mass is 10.0. The molecule has 0 radical (unpaired) electrons. The lowest BCUT2D eigenvalue weighted by molar-refractivity contribution is -0.147. The maximum atomic E-state index is 12.4. The fourth-order valence-electron chi connectivity index (χ4n) is 2.76. The topological polar surface area (TPSA) is 102 Å². The van der Waals surface area contributed by atoms with Crippen molar-refractivity contribution in [1.29, 1.82) is 0 Å². The van der Waals surface area contributed by atoms with E-state index in [1.807, 2.05) is 13.0 Å². The van der Waals surface area contributed by atoms with Crippen LogP contribution < -0.4 is 10.1 Å². The Balaban J connectivity index is 1.79. The zero-order valence-corrected chi connectivity index (χ0v) is 18.1. The van der Waals surface area contributed by atoms with Gasteiger partial charge in [-0.15, -0.1) is 0 Å². The summed E-state index contributed by atoms with van der Waals surface area (Å²) in [6, 6.07) is 11.6. The highest BCUT2D eigenvalue weighted by molar-refractivity contribution is 6.00. The summed E-state index contributed by atoms with van der Waals surface area (Å²) in [5, 5.41) is 2.58. The first-order valence-corrected chi connectivity index (χ1v) is 9.66. The second kappa shape index (κ2) is 10.9. The van der Waals surface area contributed by atoms with E-state index < -0.39 is 18.5 Å². The number of carbonyl (C=O) groups is 4. The van der Waals surface area contributed by atoms with Crippen molar-refractivity contribution in [1.82, 2.24) is 4.90 Å². The number of nitrogens with zero attached hydrogens (tertiary/aromatic N) is 1. The Bertz CT molecular complexity index is 967. The van der Waals surface area contributed by atoms with Crippen LogP contribution in [0, 0.1) is 6.92 Å². The standard InChI is InChI=1S/C23H26N2O6/c1-15-5-11-20(30-4)18(13-15)19(26)10-12-22(28)31-14-21(27)24-17-8-6-16(7-9-17)23(29)25(2)3/h5-9,11,13H,10,12,14H2,1-4H3,(H,24,27). The molecule has 0 heterocycles. The second-order valence-corrected chi connectivity index (χ2v) is 7.11. The maximum Gasteiger partial charge on any atom is 0.306 e. The van der Waals surface area contributed by atoms with E-state index in [-0.39, 0.29) is 24.5 Å². The molecule has 0 atom stereocenters. The van der Waals surface area contributed by atoms with Crippen LogP contribution in [-0.4, -0.2) is 56.3 Å². The van der Waals surface area contributed by atoms with Gasteiger partial charge >= 0.3 is 5.97 Å². The van der Waals surface area contributed by atoms with Crippen molar-refractivity contribution >= 4 is 29.3 Å². The molecule has 0 spiro atoms. The molecule has 0 aromatic heterocycles. The predicted molar refractivity (Wildman–Crippen MR) is 115 cm³/mol. The molecule has 164 valence electrons. The van der Waals surface area contributed by atoms with Crippen molar-refractivity contribution in [3.8, 4) is 5.75 Å². The Morgan fingerprint density at radius 2 is 1.65 bits per heavy atom. The zero-order chi connectivity index (χ0) is 23.0. The summed E-state index contributed by atoms with van der Waals surface area (Å²) in [6.45, 7) is 1.38. The molecule has 0 unspecified atom stereocenters. The first-order chi connectivity index (χ1) is 14.7. The molecule has 2 aromatic carbocycles. The van der Waals surface area contributed by atoms with E-state index in [1.54, 1.807) is 50.5 Å². The number of carbonyl (C=O) groups excluding carboxylic acids is 4. The molecule has 8 nitrogen and oxygen atoms in total. The van der Waals surface area contributed by atoms with E-state index in [9.17, 15) is 19.2 Å². The van der Waals surface area contributed by atoms with E-state index in [1.165, 1.54) is 12.0 Å². The van der Waals surface area contributed by atoms with Crippen molar-refractivity contribution in [2.24, 2.45) is 0 Å². The van der Waals surface area contributed by atoms with Crippen molar-refractivity contribution < 1.29 is 28.7 Å². The molecular formula is C23H26N2O6. The third kappa shape index (κ3) is 6.95. The number of benzene rings is 2. The summed E-state index contributed by atoms with van der Waals surface area (Å²) < 4.78 is 10.1. The number of nitrogens with one attached hydrogen (secondary N) is 1. The van der Waals surface area contributed by atoms with Crippen molar-refractivity contribution in [2.45, 2.75) is 19.8 Å². The number of rotatable bonds is 9. The van der Waals surface area contributed by atoms with Gasteiger partial charge in [0.15, 0.2) is 12.4 Å². The third-order valence-corrected chi connectivity index (χ3v) is 4.40. The lowest BCUT2D eigenvalue weighted by Gasteiger charge is -2.11. The molecule has 0 fully saturated rings. The lowest BCUT2D eigenvalue weighted by Crippen LogP contribution is -2.22. The molecule has 1 N–H and O–H groups in total. The van der Waals surface area contributed by atoms with Gasteiger partial charge in [0.05, 0.1) is 19.1 Å². The minimum absolute atomic E-state index is 0.0539. The maximum absolute atomic E-state index is 12.4. The average Bonchev–Trinajstić information content (AvgIpc) is 2.75. The number of esters is 1. The molecule has 31 heavy (non-hydrogen) atoms. The van der Waals surface area contributed by atoms with Gasteiger partial charge in [0.2, 0.25) is 0 Å². The van der Waals surface area contributed by atoms with Gasteiger partial charge in [0.25, 0.3) is 11.8 Å². The fourth-order valence-corrected chi connectivity index (χ4v) is 2.76. The van der Waals surface area contributed by atoms with E-state index >= 15 is 0 Å². The van der Waals surface area contributed by atoms with Crippen molar-refractivity contribution in [3.63, 3.8) is 0 Å². The third-order valence-electron chi connectivity index (χ3n) is 4.40. The van der Waals surface area contributed by atoms with Crippen molar-refractivity contribution in [3.05, 3.63) is 59.2 Å². The van der Waals surface area contributed by atoms with E-state index in [4.69, 9.17) is 9.47 Å². The molecule has 2 rings (SSSR count). The van der Waals surface area contributed by atoms with Crippen LogP contribution in [0.2, 0.25) is 0 Å². The second-order valence-electron chi connectivity index (χ2n) is 7.11. The van der Waals surface area contributed by atoms with Crippen LogP contribution in [0.1, 0.15) is 39.1 Å². The van der Waals surface area contributed by atoms with Gasteiger partial charge in [-0.25, -0.2) is 0 Å². The first kappa shape index (κ1) is 23.6. The quantitative estimate of drug-likeness (QED) is 0.489. The van der Waals surface area contributed by atoms with E-state index in [2.05, 4.69) is 5.32 Å². The molecule has 0 saturated carbocycles. The van der Waals surface area contributed by atoms with Gasteiger partial charge in [0, 0.05) is 31.8 Å². The van der Waals surface area contributed by atoms with Gasteiger partial charge in [-0.05, 0) is 43.3 Å². The molecular weight excluding hydrogens is 400 g/mol. The highest BCUT2D eigenvalue weighted by atomic mass is 16.5. The Morgan fingerprint density at radius 3 is 2.26 bits per heavy atom. The normalized spacial score (nSPS) is 10.2. The van der Waals surface area contributed by atoms with Crippen LogP contribution in [0.15, 0.2) is 42.5 Å². The van der Waals surface area contributed by atoms with Crippen LogP contribution in [-0.2, 0) is 14.3 Å². The van der Waals surface area contributed by atoms with E-state index in [0.29, 0.717) is 22.6 Å². The summed E-state index contributed by atoms with van der Waals surface area (Å²) >= 11 is 0. The average molecular weight is 426 g/mol. The Morgan fingerprint density at radius 1 is 0.968 bits per heavy atom. The molecule has 0 saturated heterocycles. The number of aryl methyl sites for hydroxylation is 1. The van der Waals surface area contributed by atoms with Gasteiger partial charge in [-0.2, -0.15) is 0 Å². The van der Waals surface area contributed by atoms with Gasteiger partial charge in [-0.1, -0.05) is 11.6 Å². The van der Waals surface area contributed by atoms with Crippen LogP contribution in [0.25, 0.3) is 0 Å². The number of anilines is 1. The number of ether oxygens (including phenoxy) is 2. The van der Waals surface area contributed by atoms with E-state index in [0.717, 1.165) is 5.56 Å². The SMILES string of the molecule is COc1ccc(C)cc1C(=O)CCC(=O)OCC(=O)Nc1ccc(C(=O)N(C)C)cc1. The zero-order valence-electron chi connectivity index (χ0n) is 18.1. The number of Topliss-reactive ketones (excluding diaryl/α,β-unsaturated/α-hetero) is 1. The molecule has 0 aliphatic heterocycles. The number of methoxy groups -OCH3 is 1. The predicted octanol–water partition coefficient (Wildman–Crippen LogP) is 2.85. The highest BCUT2D eigenvalue weighted by Gasteiger charge is 2.16. The Kier molecular flexibility index (Phi) is 8.31. The van der Waals surface area contributed by atoms with Crippen molar-refractivity contribution in [2.75, 3.05) is 33.1 Å². The Hall–Kier alpha value is -3.68. The number of hydrogen-bond acceptors (Lipinski definition) is 6. The molecule has 0 aliphatic carbocycles.